The third-order valence-corrected chi connectivity index (χ3v) is 4.52. The molecule has 2 heterocycles. The number of hydrogen-bond acceptors (Lipinski definition) is 4. The predicted molar refractivity (Wildman–Crippen MR) is 84.8 cm³/mol. The molecule has 1 aliphatic rings. The van der Waals surface area contributed by atoms with Crippen LogP contribution in [0.1, 0.15) is 24.3 Å². The van der Waals surface area contributed by atoms with Crippen LogP contribution in [0.15, 0.2) is 41.8 Å². The molecule has 0 bridgehead atoms. The number of para-hydroxylation sites is 2. The number of ether oxygens (including phenoxy) is 1. The average Bonchev–Trinajstić information content (AvgIpc) is 3.06. The Balaban J connectivity index is 1.66. The van der Waals surface area contributed by atoms with Crippen molar-refractivity contribution in [1.82, 2.24) is 5.32 Å². The lowest BCUT2D eigenvalue weighted by Crippen LogP contribution is -2.45. The van der Waals surface area contributed by atoms with Gasteiger partial charge < -0.3 is 15.4 Å². The molecule has 2 atom stereocenters. The molecule has 2 aromatic rings. The summed E-state index contributed by atoms with van der Waals surface area (Å²) in [6.45, 7) is 2.56. The van der Waals surface area contributed by atoms with E-state index in [1.807, 2.05) is 41.8 Å². The van der Waals surface area contributed by atoms with Crippen molar-refractivity contribution in [2.45, 2.75) is 25.5 Å². The molecule has 1 aromatic carbocycles. The summed E-state index contributed by atoms with van der Waals surface area (Å²) >= 11 is 1.66. The number of benzene rings is 1. The van der Waals surface area contributed by atoms with Gasteiger partial charge in [0.1, 0.15) is 5.75 Å². The normalized spacial score (nSPS) is 18.0. The zero-order valence-corrected chi connectivity index (χ0v) is 12.7. The van der Waals surface area contributed by atoms with Crippen LogP contribution >= 0.6 is 11.3 Å². The lowest BCUT2D eigenvalue weighted by molar-refractivity contribution is -0.128. The van der Waals surface area contributed by atoms with Crippen molar-refractivity contribution in [2.75, 3.05) is 11.9 Å². The van der Waals surface area contributed by atoms with E-state index in [1.165, 1.54) is 4.88 Å². The van der Waals surface area contributed by atoms with E-state index in [-0.39, 0.29) is 11.9 Å². The largest absolute Gasteiger partial charge is 0.477 e. The molecule has 21 heavy (non-hydrogen) atoms. The highest BCUT2D eigenvalue weighted by atomic mass is 32.1. The van der Waals surface area contributed by atoms with E-state index in [0.717, 1.165) is 17.9 Å². The molecule has 0 aliphatic carbocycles. The second-order valence-corrected chi connectivity index (χ2v) is 5.95. The summed E-state index contributed by atoms with van der Waals surface area (Å²) in [5.74, 6) is 0.658. The fourth-order valence-electron chi connectivity index (χ4n) is 2.39. The summed E-state index contributed by atoms with van der Waals surface area (Å²) in [7, 11) is 0. The molecule has 2 N–H and O–H groups in total. The van der Waals surface area contributed by atoms with Gasteiger partial charge in [0.25, 0.3) is 5.91 Å². The average molecular weight is 302 g/mol. The van der Waals surface area contributed by atoms with E-state index >= 15 is 0 Å². The van der Waals surface area contributed by atoms with Gasteiger partial charge in [-0.1, -0.05) is 25.1 Å². The first-order chi connectivity index (χ1) is 10.3. The highest BCUT2D eigenvalue weighted by Gasteiger charge is 2.27. The summed E-state index contributed by atoms with van der Waals surface area (Å²) < 4.78 is 5.79. The molecule has 0 saturated carbocycles. The first-order valence-corrected chi connectivity index (χ1v) is 7.99. The number of fused-ring (bicyclic) bond motifs is 1. The van der Waals surface area contributed by atoms with Crippen LogP contribution in [-0.2, 0) is 4.79 Å². The molecule has 1 aromatic heterocycles. The second kappa shape index (κ2) is 6.18. The van der Waals surface area contributed by atoms with Gasteiger partial charge in [-0.25, -0.2) is 0 Å². The molecule has 0 spiro atoms. The number of carbonyl (C=O) groups is 1. The number of nitrogens with one attached hydrogen (secondary N) is 2. The van der Waals surface area contributed by atoms with E-state index in [9.17, 15) is 4.79 Å². The smallest absolute Gasteiger partial charge is 0.263 e. The fourth-order valence-corrected chi connectivity index (χ4v) is 3.25. The molecular formula is C16H18N2O2S. The van der Waals surface area contributed by atoms with Gasteiger partial charge in [-0.15, -0.1) is 11.3 Å². The second-order valence-electron chi connectivity index (χ2n) is 4.97. The molecule has 4 nitrogen and oxygen atoms in total. The molecule has 1 amide bonds. The van der Waals surface area contributed by atoms with Crippen molar-refractivity contribution >= 4 is 22.9 Å². The quantitative estimate of drug-likeness (QED) is 0.912. The molecule has 110 valence electrons. The lowest BCUT2D eigenvalue weighted by atomic mass is 10.1. The first kappa shape index (κ1) is 13.9. The summed E-state index contributed by atoms with van der Waals surface area (Å²) in [5, 5.41) is 8.34. The summed E-state index contributed by atoms with van der Waals surface area (Å²) in [4.78, 5) is 13.6. The van der Waals surface area contributed by atoms with Crippen LogP contribution in [0.4, 0.5) is 5.69 Å². The fraction of sp³-hybridized carbons (Fsp3) is 0.312. The molecule has 0 radical (unpaired) electrons. The van der Waals surface area contributed by atoms with E-state index < -0.39 is 6.10 Å². The Kier molecular flexibility index (Phi) is 4.10. The van der Waals surface area contributed by atoms with E-state index in [2.05, 4.69) is 17.6 Å². The SMILES string of the molecule is CCC(NC(=O)C1CNc2ccccc2O1)c1cccs1. The van der Waals surface area contributed by atoms with Crippen molar-refractivity contribution in [3.05, 3.63) is 46.7 Å². The highest BCUT2D eigenvalue weighted by molar-refractivity contribution is 7.10. The number of hydrogen-bond donors (Lipinski definition) is 2. The topological polar surface area (TPSA) is 50.4 Å². The van der Waals surface area contributed by atoms with Crippen molar-refractivity contribution in [3.63, 3.8) is 0 Å². The maximum Gasteiger partial charge on any atom is 0.263 e. The number of anilines is 1. The van der Waals surface area contributed by atoms with Crippen LogP contribution in [0.2, 0.25) is 0 Å². The minimum Gasteiger partial charge on any atom is -0.477 e. The summed E-state index contributed by atoms with van der Waals surface area (Å²) in [5.41, 5.74) is 0.937. The van der Waals surface area contributed by atoms with Crippen LogP contribution in [0.5, 0.6) is 5.75 Å². The van der Waals surface area contributed by atoms with Gasteiger partial charge in [-0.3, -0.25) is 4.79 Å². The van der Waals surface area contributed by atoms with Crippen molar-refractivity contribution in [1.29, 1.82) is 0 Å². The molecule has 0 fully saturated rings. The number of carbonyl (C=O) groups excluding carboxylic acids is 1. The first-order valence-electron chi connectivity index (χ1n) is 7.11. The zero-order chi connectivity index (χ0) is 14.7. The standard InChI is InChI=1S/C16H18N2O2S/c1-2-11(15-8-5-9-21-15)18-16(19)14-10-17-12-6-3-4-7-13(12)20-14/h3-9,11,14,17H,2,10H2,1H3,(H,18,19). The Morgan fingerprint density at radius 2 is 2.29 bits per heavy atom. The van der Waals surface area contributed by atoms with E-state index in [1.54, 1.807) is 11.3 Å². The van der Waals surface area contributed by atoms with Crippen LogP contribution in [0.3, 0.4) is 0 Å². The molecule has 3 rings (SSSR count). The maximum absolute atomic E-state index is 12.4. The van der Waals surface area contributed by atoms with Crippen LogP contribution in [0, 0.1) is 0 Å². The van der Waals surface area contributed by atoms with Crippen LogP contribution in [-0.4, -0.2) is 18.6 Å². The van der Waals surface area contributed by atoms with Gasteiger partial charge in [0.05, 0.1) is 18.3 Å². The van der Waals surface area contributed by atoms with Crippen LogP contribution in [0.25, 0.3) is 0 Å². The Morgan fingerprint density at radius 3 is 3.05 bits per heavy atom. The molecule has 0 saturated heterocycles. The predicted octanol–water partition coefficient (Wildman–Crippen LogP) is 3.19. The minimum atomic E-state index is -0.492. The zero-order valence-electron chi connectivity index (χ0n) is 11.8. The van der Waals surface area contributed by atoms with E-state index in [4.69, 9.17) is 4.74 Å². The van der Waals surface area contributed by atoms with Crippen LogP contribution < -0.4 is 15.4 Å². The molecule has 2 unspecified atom stereocenters. The summed E-state index contributed by atoms with van der Waals surface area (Å²) in [6.07, 6.45) is 0.372. The number of thiophene rings is 1. The van der Waals surface area contributed by atoms with Crippen molar-refractivity contribution in [3.8, 4) is 5.75 Å². The Labute approximate surface area is 128 Å². The highest BCUT2D eigenvalue weighted by Crippen LogP contribution is 2.28. The minimum absolute atomic E-state index is 0.0540. The number of rotatable bonds is 4. The van der Waals surface area contributed by atoms with Gasteiger partial charge in [-0.2, -0.15) is 0 Å². The van der Waals surface area contributed by atoms with Gasteiger partial charge in [0.15, 0.2) is 6.10 Å². The lowest BCUT2D eigenvalue weighted by Gasteiger charge is -2.27. The summed E-state index contributed by atoms with van der Waals surface area (Å²) in [6, 6.07) is 11.8. The Morgan fingerprint density at radius 1 is 1.43 bits per heavy atom. The molecular weight excluding hydrogens is 284 g/mol. The maximum atomic E-state index is 12.4. The van der Waals surface area contributed by atoms with Gasteiger partial charge in [-0.05, 0) is 30.0 Å². The third-order valence-electron chi connectivity index (χ3n) is 3.54. The third kappa shape index (κ3) is 3.03. The Bertz CT molecular complexity index is 612. The van der Waals surface area contributed by atoms with E-state index in [0.29, 0.717) is 6.54 Å². The van der Waals surface area contributed by atoms with Crippen molar-refractivity contribution in [2.24, 2.45) is 0 Å². The van der Waals surface area contributed by atoms with Gasteiger partial charge >= 0.3 is 0 Å². The molecule has 5 heteroatoms. The van der Waals surface area contributed by atoms with Gasteiger partial charge in [0, 0.05) is 4.88 Å². The van der Waals surface area contributed by atoms with Crippen molar-refractivity contribution < 1.29 is 9.53 Å². The Hall–Kier alpha value is -2.01. The number of amides is 1. The monoisotopic (exact) mass is 302 g/mol. The van der Waals surface area contributed by atoms with Gasteiger partial charge in [0.2, 0.25) is 0 Å². The molecule has 1 aliphatic heterocycles.